The summed E-state index contributed by atoms with van der Waals surface area (Å²) in [4.78, 5) is 6.69. The summed E-state index contributed by atoms with van der Waals surface area (Å²) < 4.78 is 0. The first-order chi connectivity index (χ1) is 7.22. The van der Waals surface area contributed by atoms with Gasteiger partial charge in [0.15, 0.2) is 0 Å². The fourth-order valence-corrected chi connectivity index (χ4v) is 1.85. The largest absolute Gasteiger partial charge is 0.357 e. The summed E-state index contributed by atoms with van der Waals surface area (Å²) in [6.45, 7) is 2.84. The molecule has 1 atom stereocenters. The molecule has 1 aliphatic carbocycles. The van der Waals surface area contributed by atoms with E-state index in [9.17, 15) is 0 Å². The maximum Gasteiger partial charge on any atom is 0.128 e. The summed E-state index contributed by atoms with van der Waals surface area (Å²) >= 11 is 0. The van der Waals surface area contributed by atoms with Crippen molar-refractivity contribution < 1.29 is 0 Å². The van der Waals surface area contributed by atoms with Gasteiger partial charge in [-0.3, -0.25) is 0 Å². The van der Waals surface area contributed by atoms with Gasteiger partial charge >= 0.3 is 0 Å². The number of nitrogens with two attached hydrogens (primary N) is 1. The normalized spacial score (nSPS) is 17.5. The Labute approximate surface area is 91.3 Å². The number of hydrogen-bond donors (Lipinski definition) is 1. The van der Waals surface area contributed by atoms with E-state index in [-0.39, 0.29) is 0 Å². The Hall–Kier alpha value is -1.09. The number of pyridine rings is 1. The van der Waals surface area contributed by atoms with Gasteiger partial charge < -0.3 is 10.6 Å². The molecule has 2 rings (SSSR count). The van der Waals surface area contributed by atoms with Crippen LogP contribution in [-0.4, -0.2) is 18.1 Å². The van der Waals surface area contributed by atoms with Crippen LogP contribution >= 0.6 is 0 Å². The third kappa shape index (κ3) is 2.29. The molecule has 0 bridgehead atoms. The highest BCUT2D eigenvalue weighted by molar-refractivity contribution is 5.39. The summed E-state index contributed by atoms with van der Waals surface area (Å²) in [5, 5.41) is 0. The molecule has 2 N–H and O–H groups in total. The molecule has 1 heterocycles. The average Bonchev–Trinajstić information content (AvgIpc) is 3.11. The first-order valence-electron chi connectivity index (χ1n) is 5.60. The van der Waals surface area contributed by atoms with Gasteiger partial charge in [-0.1, -0.05) is 6.07 Å². The maximum absolute atomic E-state index is 5.54. The van der Waals surface area contributed by atoms with Crippen molar-refractivity contribution in [2.45, 2.75) is 32.4 Å². The zero-order chi connectivity index (χ0) is 10.8. The van der Waals surface area contributed by atoms with Crippen molar-refractivity contribution in [3.63, 3.8) is 0 Å². The Kier molecular flexibility index (Phi) is 2.91. The van der Waals surface area contributed by atoms with Crippen molar-refractivity contribution >= 4 is 5.82 Å². The van der Waals surface area contributed by atoms with E-state index < -0.39 is 0 Å². The van der Waals surface area contributed by atoms with E-state index in [2.05, 4.69) is 36.0 Å². The molecule has 0 radical (unpaired) electrons. The Bertz CT molecular complexity index is 316. The van der Waals surface area contributed by atoms with Crippen molar-refractivity contribution in [2.24, 2.45) is 11.7 Å². The van der Waals surface area contributed by atoms with Gasteiger partial charge in [0.2, 0.25) is 0 Å². The standard InChI is InChI=1S/C12H19N3/c1-9(11-4-5-11)15(2)12-6-3-10(7-13)8-14-12/h3,6,8-9,11H,4-5,7,13H2,1-2H3. The van der Waals surface area contributed by atoms with Crippen molar-refractivity contribution in [1.29, 1.82) is 0 Å². The second-order valence-electron chi connectivity index (χ2n) is 4.42. The van der Waals surface area contributed by atoms with Crippen LogP contribution in [-0.2, 0) is 6.54 Å². The fraction of sp³-hybridized carbons (Fsp3) is 0.583. The van der Waals surface area contributed by atoms with Crippen molar-refractivity contribution in [3.8, 4) is 0 Å². The van der Waals surface area contributed by atoms with Gasteiger partial charge in [-0.2, -0.15) is 0 Å². The van der Waals surface area contributed by atoms with Crippen LogP contribution < -0.4 is 10.6 Å². The molecular formula is C12H19N3. The summed E-state index contributed by atoms with van der Waals surface area (Å²) in [6.07, 6.45) is 4.60. The smallest absolute Gasteiger partial charge is 0.128 e. The van der Waals surface area contributed by atoms with Crippen LogP contribution in [0.25, 0.3) is 0 Å². The van der Waals surface area contributed by atoms with Crippen LogP contribution in [0.5, 0.6) is 0 Å². The quantitative estimate of drug-likeness (QED) is 0.814. The molecule has 0 saturated heterocycles. The molecule has 1 aliphatic rings. The lowest BCUT2D eigenvalue weighted by atomic mass is 10.2. The predicted octanol–water partition coefficient (Wildman–Crippen LogP) is 1.78. The first kappa shape index (κ1) is 10.4. The second kappa shape index (κ2) is 4.19. The molecule has 1 aromatic heterocycles. The highest BCUT2D eigenvalue weighted by Gasteiger charge is 2.30. The molecule has 0 amide bonds. The first-order valence-corrected chi connectivity index (χ1v) is 5.60. The molecule has 82 valence electrons. The Morgan fingerprint density at radius 2 is 2.27 bits per heavy atom. The number of anilines is 1. The van der Waals surface area contributed by atoms with E-state index in [1.165, 1.54) is 12.8 Å². The molecular weight excluding hydrogens is 186 g/mol. The second-order valence-corrected chi connectivity index (χ2v) is 4.42. The Morgan fingerprint density at radius 1 is 1.53 bits per heavy atom. The zero-order valence-electron chi connectivity index (χ0n) is 9.48. The topological polar surface area (TPSA) is 42.1 Å². The summed E-state index contributed by atoms with van der Waals surface area (Å²) in [6, 6.07) is 4.71. The van der Waals surface area contributed by atoms with E-state index in [0.29, 0.717) is 12.6 Å². The van der Waals surface area contributed by atoms with Crippen molar-refractivity contribution in [1.82, 2.24) is 4.98 Å². The average molecular weight is 205 g/mol. The van der Waals surface area contributed by atoms with Gasteiger partial charge in [-0.25, -0.2) is 4.98 Å². The molecule has 0 aromatic carbocycles. The van der Waals surface area contributed by atoms with Gasteiger partial charge in [0.05, 0.1) is 0 Å². The highest BCUT2D eigenvalue weighted by atomic mass is 15.2. The fourth-order valence-electron chi connectivity index (χ4n) is 1.85. The molecule has 0 spiro atoms. The van der Waals surface area contributed by atoms with Crippen molar-refractivity contribution in [2.75, 3.05) is 11.9 Å². The summed E-state index contributed by atoms with van der Waals surface area (Å²) in [5.41, 5.74) is 6.63. The van der Waals surface area contributed by atoms with Crippen LogP contribution in [0.2, 0.25) is 0 Å². The van der Waals surface area contributed by atoms with E-state index >= 15 is 0 Å². The SMILES string of the molecule is CC(C1CC1)N(C)c1ccc(CN)cn1. The monoisotopic (exact) mass is 205 g/mol. The molecule has 3 heteroatoms. The summed E-state index contributed by atoms with van der Waals surface area (Å²) in [7, 11) is 2.12. The van der Waals surface area contributed by atoms with Gasteiger partial charge in [-0.05, 0) is 37.3 Å². The van der Waals surface area contributed by atoms with Crippen LogP contribution in [0.3, 0.4) is 0 Å². The maximum atomic E-state index is 5.54. The minimum absolute atomic E-state index is 0.565. The lowest BCUT2D eigenvalue weighted by Crippen LogP contribution is -2.31. The molecule has 1 saturated carbocycles. The number of nitrogens with zero attached hydrogens (tertiary/aromatic N) is 2. The lowest BCUT2D eigenvalue weighted by Gasteiger charge is -2.25. The molecule has 15 heavy (non-hydrogen) atoms. The Morgan fingerprint density at radius 3 is 2.73 bits per heavy atom. The van der Waals surface area contributed by atoms with E-state index in [0.717, 1.165) is 17.3 Å². The van der Waals surface area contributed by atoms with E-state index in [1.807, 2.05) is 6.20 Å². The van der Waals surface area contributed by atoms with Crippen LogP contribution in [0.15, 0.2) is 18.3 Å². The van der Waals surface area contributed by atoms with Crippen LogP contribution in [0, 0.1) is 5.92 Å². The molecule has 1 unspecified atom stereocenters. The molecule has 3 nitrogen and oxygen atoms in total. The van der Waals surface area contributed by atoms with Gasteiger partial charge in [0, 0.05) is 25.8 Å². The molecule has 0 aliphatic heterocycles. The third-order valence-electron chi connectivity index (χ3n) is 3.32. The number of rotatable bonds is 4. The predicted molar refractivity (Wildman–Crippen MR) is 62.7 cm³/mol. The lowest BCUT2D eigenvalue weighted by molar-refractivity contribution is 0.604. The van der Waals surface area contributed by atoms with E-state index in [4.69, 9.17) is 5.73 Å². The summed E-state index contributed by atoms with van der Waals surface area (Å²) in [5.74, 6) is 1.91. The third-order valence-corrected chi connectivity index (χ3v) is 3.32. The van der Waals surface area contributed by atoms with Gasteiger partial charge in [0.1, 0.15) is 5.82 Å². The minimum atomic E-state index is 0.565. The van der Waals surface area contributed by atoms with E-state index in [1.54, 1.807) is 0 Å². The Balaban J connectivity index is 2.07. The minimum Gasteiger partial charge on any atom is -0.357 e. The zero-order valence-corrected chi connectivity index (χ0v) is 9.48. The highest BCUT2D eigenvalue weighted by Crippen LogP contribution is 2.35. The molecule has 1 aromatic rings. The number of hydrogen-bond acceptors (Lipinski definition) is 3. The van der Waals surface area contributed by atoms with Gasteiger partial charge in [0.25, 0.3) is 0 Å². The molecule has 1 fully saturated rings. The van der Waals surface area contributed by atoms with Crippen LogP contribution in [0.4, 0.5) is 5.82 Å². The number of aromatic nitrogens is 1. The van der Waals surface area contributed by atoms with Crippen LogP contribution in [0.1, 0.15) is 25.3 Å². The van der Waals surface area contributed by atoms with Crippen molar-refractivity contribution in [3.05, 3.63) is 23.9 Å². The van der Waals surface area contributed by atoms with Gasteiger partial charge in [-0.15, -0.1) is 0 Å².